The van der Waals surface area contributed by atoms with Crippen LogP contribution in [-0.4, -0.2) is 13.2 Å². The van der Waals surface area contributed by atoms with Crippen molar-refractivity contribution < 1.29 is 4.18 Å². The van der Waals surface area contributed by atoms with Crippen molar-refractivity contribution in [2.75, 3.05) is 13.2 Å². The van der Waals surface area contributed by atoms with Crippen LogP contribution in [0.3, 0.4) is 0 Å². The van der Waals surface area contributed by atoms with Gasteiger partial charge in [-0.25, -0.2) is 0 Å². The number of hydrogen-bond donors (Lipinski definition) is 1. The zero-order chi connectivity index (χ0) is 12.5. The molecule has 94 valence electrons. The minimum atomic E-state index is 0.568. The summed E-state index contributed by atoms with van der Waals surface area (Å²) in [5.41, 5.74) is 1.28. The lowest BCUT2D eigenvalue weighted by Gasteiger charge is -2.10. The largest absolute Gasteiger partial charge is 0.312 e. The summed E-state index contributed by atoms with van der Waals surface area (Å²) in [6, 6.07) is 8.31. The third-order valence-electron chi connectivity index (χ3n) is 2.18. The number of rotatable bonds is 8. The second-order valence-corrected chi connectivity index (χ2v) is 5.13. The summed E-state index contributed by atoms with van der Waals surface area (Å²) in [4.78, 5) is 1.17. The lowest BCUT2D eigenvalue weighted by atomic mass is 10.2. The minimum absolute atomic E-state index is 0.568. The van der Waals surface area contributed by atoms with E-state index in [1.165, 1.54) is 22.5 Å². The summed E-state index contributed by atoms with van der Waals surface area (Å²) < 4.78 is 5.41. The zero-order valence-corrected chi connectivity index (χ0v) is 11.4. The van der Waals surface area contributed by atoms with Crippen molar-refractivity contribution >= 4 is 12.0 Å². The fourth-order valence-corrected chi connectivity index (χ4v) is 2.04. The Morgan fingerprint density at radius 2 is 2.18 bits per heavy atom. The molecule has 0 saturated carbocycles. The molecule has 0 aromatic heterocycles. The third kappa shape index (κ3) is 5.91. The fourth-order valence-electron chi connectivity index (χ4n) is 1.37. The summed E-state index contributed by atoms with van der Waals surface area (Å²) in [5.74, 6) is 0.673. The van der Waals surface area contributed by atoms with E-state index in [1.807, 2.05) is 6.07 Å². The van der Waals surface area contributed by atoms with Crippen LogP contribution in [-0.2, 0) is 10.7 Å². The van der Waals surface area contributed by atoms with E-state index >= 15 is 0 Å². The van der Waals surface area contributed by atoms with Crippen molar-refractivity contribution in [3.63, 3.8) is 0 Å². The smallest absolute Gasteiger partial charge is 0.0797 e. The predicted octanol–water partition coefficient (Wildman–Crippen LogP) is 3.64. The van der Waals surface area contributed by atoms with Gasteiger partial charge in [0, 0.05) is 23.5 Å². The Balaban J connectivity index is 2.48. The van der Waals surface area contributed by atoms with Gasteiger partial charge in [0.1, 0.15) is 0 Å². The van der Waals surface area contributed by atoms with E-state index in [2.05, 4.69) is 43.9 Å². The van der Waals surface area contributed by atoms with E-state index < -0.39 is 0 Å². The van der Waals surface area contributed by atoms with E-state index in [0.717, 1.165) is 13.1 Å². The molecule has 17 heavy (non-hydrogen) atoms. The van der Waals surface area contributed by atoms with Crippen LogP contribution in [0.25, 0.3) is 0 Å². The van der Waals surface area contributed by atoms with Gasteiger partial charge in [0.25, 0.3) is 0 Å². The highest BCUT2D eigenvalue weighted by Gasteiger charge is 2.03. The van der Waals surface area contributed by atoms with Crippen molar-refractivity contribution in [1.29, 1.82) is 0 Å². The van der Waals surface area contributed by atoms with Crippen LogP contribution in [0.5, 0.6) is 0 Å². The Hall–Kier alpha value is -0.770. The standard InChI is InChI=1S/C14H21NOS/c1-4-9-16-17-14-8-6-5-7-13(14)11-15-10-12(2)3/h4-8,12,15H,1,9-11H2,2-3H3. The van der Waals surface area contributed by atoms with Gasteiger partial charge in [0.2, 0.25) is 0 Å². The van der Waals surface area contributed by atoms with Gasteiger partial charge in [0.15, 0.2) is 0 Å². The molecule has 0 aliphatic rings. The molecule has 0 spiro atoms. The maximum absolute atomic E-state index is 5.41. The Morgan fingerprint density at radius 3 is 2.88 bits per heavy atom. The molecule has 3 heteroatoms. The van der Waals surface area contributed by atoms with Crippen LogP contribution in [0.2, 0.25) is 0 Å². The van der Waals surface area contributed by atoms with Crippen molar-refractivity contribution in [2.24, 2.45) is 5.92 Å². The lowest BCUT2D eigenvalue weighted by Crippen LogP contribution is -2.19. The van der Waals surface area contributed by atoms with E-state index in [-0.39, 0.29) is 0 Å². The highest BCUT2D eigenvalue weighted by molar-refractivity contribution is 7.94. The fraction of sp³-hybridized carbons (Fsp3) is 0.429. The summed E-state index contributed by atoms with van der Waals surface area (Å²) in [5, 5.41) is 3.44. The van der Waals surface area contributed by atoms with E-state index in [9.17, 15) is 0 Å². The van der Waals surface area contributed by atoms with Crippen molar-refractivity contribution in [1.82, 2.24) is 5.32 Å². The normalized spacial score (nSPS) is 10.8. The van der Waals surface area contributed by atoms with Gasteiger partial charge in [-0.3, -0.25) is 0 Å². The maximum atomic E-state index is 5.41. The van der Waals surface area contributed by atoms with Gasteiger partial charge in [0.05, 0.1) is 6.61 Å². The molecule has 2 nitrogen and oxygen atoms in total. The van der Waals surface area contributed by atoms with Crippen LogP contribution >= 0.6 is 12.0 Å². The average molecular weight is 251 g/mol. The first kappa shape index (κ1) is 14.3. The Bertz CT molecular complexity index is 339. The summed E-state index contributed by atoms with van der Waals surface area (Å²) >= 11 is 1.42. The first-order valence-corrected chi connectivity index (χ1v) is 6.67. The molecule has 0 unspecified atom stereocenters. The van der Waals surface area contributed by atoms with Gasteiger partial charge in [-0.2, -0.15) is 0 Å². The second kappa shape index (κ2) is 8.34. The van der Waals surface area contributed by atoms with Gasteiger partial charge in [-0.1, -0.05) is 38.1 Å². The topological polar surface area (TPSA) is 21.3 Å². The van der Waals surface area contributed by atoms with Crippen LogP contribution in [0.1, 0.15) is 19.4 Å². The van der Waals surface area contributed by atoms with Crippen LogP contribution in [0.4, 0.5) is 0 Å². The van der Waals surface area contributed by atoms with Crippen molar-refractivity contribution in [2.45, 2.75) is 25.3 Å². The first-order chi connectivity index (χ1) is 8.24. The molecular formula is C14H21NOS. The Morgan fingerprint density at radius 1 is 1.41 bits per heavy atom. The second-order valence-electron chi connectivity index (χ2n) is 4.29. The van der Waals surface area contributed by atoms with E-state index in [4.69, 9.17) is 4.18 Å². The number of benzene rings is 1. The SMILES string of the molecule is C=CCOSc1ccccc1CNCC(C)C. The van der Waals surface area contributed by atoms with E-state index in [1.54, 1.807) is 6.08 Å². The molecular weight excluding hydrogens is 230 g/mol. The molecule has 0 radical (unpaired) electrons. The van der Waals surface area contributed by atoms with E-state index in [0.29, 0.717) is 12.5 Å². The molecule has 0 heterocycles. The molecule has 0 amide bonds. The molecule has 0 aliphatic carbocycles. The highest BCUT2D eigenvalue weighted by Crippen LogP contribution is 2.23. The minimum Gasteiger partial charge on any atom is -0.312 e. The molecule has 0 fully saturated rings. The average Bonchev–Trinajstić information content (AvgIpc) is 2.31. The number of nitrogens with one attached hydrogen (secondary N) is 1. The van der Waals surface area contributed by atoms with Gasteiger partial charge < -0.3 is 9.50 Å². The Kier molecular flexibility index (Phi) is 7.01. The summed E-state index contributed by atoms with van der Waals surface area (Å²) in [6.07, 6.45) is 1.76. The van der Waals surface area contributed by atoms with Crippen LogP contribution in [0, 0.1) is 5.92 Å². The van der Waals surface area contributed by atoms with Crippen molar-refractivity contribution in [3.05, 3.63) is 42.5 Å². The molecule has 0 saturated heterocycles. The molecule has 1 N–H and O–H groups in total. The molecule has 1 aromatic carbocycles. The maximum Gasteiger partial charge on any atom is 0.0797 e. The number of hydrogen-bond acceptors (Lipinski definition) is 3. The molecule has 0 aliphatic heterocycles. The van der Waals surface area contributed by atoms with Gasteiger partial charge >= 0.3 is 0 Å². The quantitative estimate of drug-likeness (QED) is 0.433. The molecule has 1 rings (SSSR count). The van der Waals surface area contributed by atoms with Crippen LogP contribution < -0.4 is 5.32 Å². The van der Waals surface area contributed by atoms with Crippen molar-refractivity contribution in [3.8, 4) is 0 Å². The zero-order valence-electron chi connectivity index (χ0n) is 10.6. The highest BCUT2D eigenvalue weighted by atomic mass is 32.2. The van der Waals surface area contributed by atoms with Crippen LogP contribution in [0.15, 0.2) is 41.8 Å². The Labute approximate surface area is 109 Å². The predicted molar refractivity (Wildman–Crippen MR) is 75.0 cm³/mol. The molecule has 0 atom stereocenters. The van der Waals surface area contributed by atoms with Gasteiger partial charge in [-0.05, 0) is 24.1 Å². The first-order valence-electron chi connectivity index (χ1n) is 5.93. The molecule has 1 aromatic rings. The monoisotopic (exact) mass is 251 g/mol. The molecule has 0 bridgehead atoms. The lowest BCUT2D eigenvalue weighted by molar-refractivity contribution is 0.428. The summed E-state index contributed by atoms with van der Waals surface area (Å²) in [6.45, 7) is 10.5. The van der Waals surface area contributed by atoms with Gasteiger partial charge in [-0.15, -0.1) is 6.58 Å². The summed E-state index contributed by atoms with van der Waals surface area (Å²) in [7, 11) is 0. The third-order valence-corrected chi connectivity index (χ3v) is 3.01.